The summed E-state index contributed by atoms with van der Waals surface area (Å²) in [4.78, 5) is 6.05. The molecule has 0 bridgehead atoms. The molecule has 0 aliphatic heterocycles. The van der Waals surface area contributed by atoms with Gasteiger partial charge in [-0.2, -0.15) is 0 Å². The van der Waals surface area contributed by atoms with Crippen molar-refractivity contribution < 1.29 is 4.74 Å². The van der Waals surface area contributed by atoms with Crippen molar-refractivity contribution in [2.75, 3.05) is 6.61 Å². The van der Waals surface area contributed by atoms with Gasteiger partial charge in [-0.15, -0.1) is 11.3 Å². The third kappa shape index (κ3) is 2.14. The molecule has 1 aromatic heterocycles. The molecule has 16 heavy (non-hydrogen) atoms. The number of aromatic nitrogens is 1. The zero-order valence-electron chi connectivity index (χ0n) is 10.2. The fraction of sp³-hybridized carbons (Fsp3) is 0.750. The number of aryl methyl sites for hydroxylation is 1. The Kier molecular flexibility index (Phi) is 3.33. The average molecular weight is 240 g/mol. The molecule has 1 unspecified atom stereocenters. The molecule has 1 aliphatic rings. The first kappa shape index (κ1) is 12.0. The van der Waals surface area contributed by atoms with E-state index in [2.05, 4.69) is 13.8 Å². The van der Waals surface area contributed by atoms with Crippen molar-refractivity contribution in [2.24, 2.45) is 5.73 Å². The monoisotopic (exact) mass is 240 g/mol. The molecule has 3 nitrogen and oxygen atoms in total. The molecule has 0 saturated carbocycles. The number of rotatable bonds is 3. The van der Waals surface area contributed by atoms with Gasteiger partial charge >= 0.3 is 0 Å². The van der Waals surface area contributed by atoms with Crippen molar-refractivity contribution in [2.45, 2.75) is 51.7 Å². The minimum absolute atomic E-state index is 0.131. The number of ether oxygens (including phenoxy) is 1. The van der Waals surface area contributed by atoms with E-state index >= 15 is 0 Å². The number of hydrogen-bond acceptors (Lipinski definition) is 4. The van der Waals surface area contributed by atoms with E-state index in [1.54, 1.807) is 11.3 Å². The van der Waals surface area contributed by atoms with Gasteiger partial charge in [0.1, 0.15) is 10.6 Å². The third-order valence-electron chi connectivity index (χ3n) is 3.02. The summed E-state index contributed by atoms with van der Waals surface area (Å²) >= 11 is 1.77. The molecule has 0 spiro atoms. The predicted octanol–water partition coefficient (Wildman–Crippen LogP) is 2.75. The normalized spacial score (nSPS) is 20.9. The van der Waals surface area contributed by atoms with Crippen molar-refractivity contribution in [3.8, 4) is 0 Å². The lowest BCUT2D eigenvalue weighted by Crippen LogP contribution is -2.22. The Morgan fingerprint density at radius 3 is 2.94 bits per heavy atom. The standard InChI is InChI=1S/C12H20N2OS/c1-4-15-12(2,3)11-14-10-8(13)6-5-7-9(10)16-11/h8H,4-7,13H2,1-3H3. The second-order valence-corrected chi connectivity index (χ2v) is 5.85. The van der Waals surface area contributed by atoms with Crippen molar-refractivity contribution in [1.82, 2.24) is 4.98 Å². The minimum atomic E-state index is -0.281. The molecule has 90 valence electrons. The van der Waals surface area contributed by atoms with Crippen LogP contribution in [-0.2, 0) is 16.8 Å². The Morgan fingerprint density at radius 2 is 2.31 bits per heavy atom. The van der Waals surface area contributed by atoms with E-state index < -0.39 is 0 Å². The molecular weight excluding hydrogens is 220 g/mol. The van der Waals surface area contributed by atoms with Gasteiger partial charge in [0.2, 0.25) is 0 Å². The number of hydrogen-bond donors (Lipinski definition) is 1. The van der Waals surface area contributed by atoms with Gasteiger partial charge in [-0.25, -0.2) is 4.98 Å². The van der Waals surface area contributed by atoms with Crippen LogP contribution in [0.25, 0.3) is 0 Å². The highest BCUT2D eigenvalue weighted by Gasteiger charge is 2.29. The zero-order valence-corrected chi connectivity index (χ0v) is 11.1. The van der Waals surface area contributed by atoms with Crippen LogP contribution in [0.5, 0.6) is 0 Å². The van der Waals surface area contributed by atoms with E-state index in [1.165, 1.54) is 11.3 Å². The molecule has 1 heterocycles. The Labute approximate surface area is 101 Å². The molecular formula is C12H20N2OS. The van der Waals surface area contributed by atoms with Crippen LogP contribution in [0.4, 0.5) is 0 Å². The number of nitrogens with zero attached hydrogens (tertiary/aromatic N) is 1. The maximum atomic E-state index is 6.08. The van der Waals surface area contributed by atoms with Crippen LogP contribution >= 0.6 is 11.3 Å². The van der Waals surface area contributed by atoms with E-state index in [-0.39, 0.29) is 11.6 Å². The topological polar surface area (TPSA) is 48.1 Å². The van der Waals surface area contributed by atoms with Crippen molar-refractivity contribution in [3.63, 3.8) is 0 Å². The molecule has 0 aromatic carbocycles. The van der Waals surface area contributed by atoms with Crippen LogP contribution in [0.3, 0.4) is 0 Å². The van der Waals surface area contributed by atoms with Crippen LogP contribution in [0.15, 0.2) is 0 Å². The van der Waals surface area contributed by atoms with Crippen molar-refractivity contribution >= 4 is 11.3 Å². The highest BCUT2D eigenvalue weighted by Crippen LogP contribution is 2.36. The first-order valence-electron chi connectivity index (χ1n) is 5.94. The third-order valence-corrected chi connectivity index (χ3v) is 4.45. The van der Waals surface area contributed by atoms with E-state index in [0.29, 0.717) is 6.61 Å². The summed E-state index contributed by atoms with van der Waals surface area (Å²) < 4.78 is 5.74. The lowest BCUT2D eigenvalue weighted by atomic mass is 9.98. The predicted molar refractivity (Wildman–Crippen MR) is 66.6 cm³/mol. The first-order chi connectivity index (χ1) is 7.54. The van der Waals surface area contributed by atoms with Gasteiger partial charge in [-0.05, 0) is 40.0 Å². The van der Waals surface area contributed by atoms with Crippen LogP contribution in [0.2, 0.25) is 0 Å². The smallest absolute Gasteiger partial charge is 0.125 e. The van der Waals surface area contributed by atoms with Gasteiger partial charge in [0.25, 0.3) is 0 Å². The Bertz CT molecular complexity index is 373. The molecule has 1 atom stereocenters. The summed E-state index contributed by atoms with van der Waals surface area (Å²) in [5, 5.41) is 1.07. The number of thiazole rings is 1. The quantitative estimate of drug-likeness (QED) is 0.883. The summed E-state index contributed by atoms with van der Waals surface area (Å²) in [6.45, 7) is 6.88. The van der Waals surface area contributed by atoms with E-state index in [1.807, 2.05) is 6.92 Å². The van der Waals surface area contributed by atoms with Gasteiger partial charge in [-0.3, -0.25) is 0 Å². The lowest BCUT2D eigenvalue weighted by molar-refractivity contribution is -0.0142. The van der Waals surface area contributed by atoms with Gasteiger partial charge in [-0.1, -0.05) is 0 Å². The SMILES string of the molecule is CCOC(C)(C)c1nc2c(s1)CCCC2N. The summed E-state index contributed by atoms with van der Waals surface area (Å²) in [7, 11) is 0. The molecule has 1 aromatic rings. The van der Waals surface area contributed by atoms with Crippen LogP contribution in [0, 0.1) is 0 Å². The van der Waals surface area contributed by atoms with E-state index in [9.17, 15) is 0 Å². The highest BCUT2D eigenvalue weighted by molar-refractivity contribution is 7.11. The summed E-state index contributed by atoms with van der Waals surface area (Å²) in [6, 6.07) is 0.131. The molecule has 0 radical (unpaired) electrons. The lowest BCUT2D eigenvalue weighted by Gasteiger charge is -2.21. The fourth-order valence-electron chi connectivity index (χ4n) is 2.13. The zero-order chi connectivity index (χ0) is 11.8. The summed E-state index contributed by atoms with van der Waals surface area (Å²) in [5.74, 6) is 0. The van der Waals surface area contributed by atoms with Gasteiger partial charge in [0.15, 0.2) is 0 Å². The van der Waals surface area contributed by atoms with Gasteiger partial charge in [0, 0.05) is 17.5 Å². The second-order valence-electron chi connectivity index (χ2n) is 4.77. The first-order valence-corrected chi connectivity index (χ1v) is 6.76. The molecule has 4 heteroatoms. The van der Waals surface area contributed by atoms with Crippen molar-refractivity contribution in [1.29, 1.82) is 0 Å². The fourth-order valence-corrected chi connectivity index (χ4v) is 3.36. The molecule has 0 saturated heterocycles. The molecule has 2 rings (SSSR count). The van der Waals surface area contributed by atoms with Gasteiger partial charge in [0.05, 0.1) is 5.69 Å². The number of nitrogens with two attached hydrogens (primary N) is 1. The molecule has 2 N–H and O–H groups in total. The Morgan fingerprint density at radius 1 is 1.56 bits per heavy atom. The molecule has 0 amide bonds. The average Bonchev–Trinajstić information content (AvgIpc) is 2.63. The molecule has 0 fully saturated rings. The van der Waals surface area contributed by atoms with Gasteiger partial charge < -0.3 is 10.5 Å². The second kappa shape index (κ2) is 4.43. The molecule has 1 aliphatic carbocycles. The van der Waals surface area contributed by atoms with Crippen LogP contribution < -0.4 is 5.73 Å². The highest BCUT2D eigenvalue weighted by atomic mass is 32.1. The summed E-state index contributed by atoms with van der Waals surface area (Å²) in [5.41, 5.74) is 6.91. The minimum Gasteiger partial charge on any atom is -0.369 e. The largest absolute Gasteiger partial charge is 0.369 e. The summed E-state index contributed by atoms with van der Waals surface area (Å²) in [6.07, 6.45) is 3.37. The van der Waals surface area contributed by atoms with E-state index in [0.717, 1.165) is 23.5 Å². The Hall–Kier alpha value is -0.450. The maximum Gasteiger partial charge on any atom is 0.125 e. The number of fused-ring (bicyclic) bond motifs is 1. The van der Waals surface area contributed by atoms with Crippen LogP contribution in [0.1, 0.15) is 55.2 Å². The van der Waals surface area contributed by atoms with Crippen LogP contribution in [-0.4, -0.2) is 11.6 Å². The maximum absolute atomic E-state index is 6.08. The Balaban J connectivity index is 2.30. The van der Waals surface area contributed by atoms with E-state index in [4.69, 9.17) is 15.5 Å². The van der Waals surface area contributed by atoms with Crippen molar-refractivity contribution in [3.05, 3.63) is 15.6 Å².